The highest BCUT2D eigenvalue weighted by Gasteiger charge is 2.20. The number of likely N-dealkylation sites (tertiary alicyclic amines) is 1. The van der Waals surface area contributed by atoms with Crippen LogP contribution >= 0.6 is 0 Å². The van der Waals surface area contributed by atoms with E-state index < -0.39 is 0 Å². The lowest BCUT2D eigenvalue weighted by molar-refractivity contribution is -0.131. The number of benzene rings is 1. The predicted octanol–water partition coefficient (Wildman–Crippen LogP) is 0.953. The molecule has 2 rings (SSSR count). The van der Waals surface area contributed by atoms with Crippen LogP contribution in [0.3, 0.4) is 0 Å². The van der Waals surface area contributed by atoms with Crippen LogP contribution in [0.2, 0.25) is 0 Å². The molecule has 0 aliphatic carbocycles. The van der Waals surface area contributed by atoms with Crippen LogP contribution in [0.1, 0.15) is 18.4 Å². The second kappa shape index (κ2) is 6.21. The number of carbonyl (C=O) groups excluding carboxylic acids is 1. The molecular formula is C14H17N3O2. The third-order valence-corrected chi connectivity index (χ3v) is 3.27. The lowest BCUT2D eigenvalue weighted by atomic mass is 10.1. The van der Waals surface area contributed by atoms with Crippen LogP contribution in [0.15, 0.2) is 24.3 Å². The van der Waals surface area contributed by atoms with Crippen molar-refractivity contribution in [1.82, 2.24) is 4.90 Å². The Kier molecular flexibility index (Phi) is 4.37. The van der Waals surface area contributed by atoms with Crippen molar-refractivity contribution >= 4 is 11.6 Å². The molecule has 1 heterocycles. The largest absolute Gasteiger partial charge is 0.393 e. The molecule has 1 aliphatic rings. The molecule has 0 unspecified atom stereocenters. The number of amides is 1. The highest BCUT2D eigenvalue weighted by Crippen LogP contribution is 2.11. The normalized spacial score (nSPS) is 15.9. The van der Waals surface area contributed by atoms with Gasteiger partial charge in [-0.15, -0.1) is 0 Å². The molecule has 1 aliphatic heterocycles. The standard InChI is InChI=1S/C14H17N3O2/c15-9-11-1-3-12(4-2-11)16-10-14(19)17-7-5-13(18)6-8-17/h1-4,13,16,18H,5-8,10H2. The summed E-state index contributed by atoms with van der Waals surface area (Å²) in [4.78, 5) is 13.7. The van der Waals surface area contributed by atoms with Crippen LogP contribution in [0, 0.1) is 11.3 Å². The van der Waals surface area contributed by atoms with E-state index in [-0.39, 0.29) is 18.6 Å². The molecule has 5 nitrogen and oxygen atoms in total. The Labute approximate surface area is 112 Å². The first-order valence-corrected chi connectivity index (χ1v) is 6.39. The molecule has 19 heavy (non-hydrogen) atoms. The van der Waals surface area contributed by atoms with Gasteiger partial charge in [-0.3, -0.25) is 4.79 Å². The van der Waals surface area contributed by atoms with E-state index in [0.29, 0.717) is 31.5 Å². The molecule has 1 aromatic carbocycles. The van der Waals surface area contributed by atoms with E-state index in [0.717, 1.165) is 5.69 Å². The van der Waals surface area contributed by atoms with Gasteiger partial charge in [0.2, 0.25) is 5.91 Å². The van der Waals surface area contributed by atoms with Gasteiger partial charge >= 0.3 is 0 Å². The average molecular weight is 259 g/mol. The second-order valence-corrected chi connectivity index (χ2v) is 4.65. The zero-order valence-corrected chi connectivity index (χ0v) is 10.7. The third-order valence-electron chi connectivity index (χ3n) is 3.27. The zero-order valence-electron chi connectivity index (χ0n) is 10.7. The van der Waals surface area contributed by atoms with Crippen molar-refractivity contribution < 1.29 is 9.90 Å². The van der Waals surface area contributed by atoms with Gasteiger partial charge in [0.1, 0.15) is 0 Å². The van der Waals surface area contributed by atoms with Gasteiger partial charge in [-0.1, -0.05) is 0 Å². The fourth-order valence-electron chi connectivity index (χ4n) is 2.07. The van der Waals surface area contributed by atoms with Gasteiger partial charge in [-0.25, -0.2) is 0 Å². The van der Waals surface area contributed by atoms with Gasteiger partial charge in [0.05, 0.1) is 24.3 Å². The first kappa shape index (κ1) is 13.4. The Morgan fingerprint density at radius 1 is 1.37 bits per heavy atom. The Balaban J connectivity index is 1.81. The van der Waals surface area contributed by atoms with E-state index in [9.17, 15) is 9.90 Å². The highest BCUT2D eigenvalue weighted by atomic mass is 16.3. The van der Waals surface area contributed by atoms with E-state index in [4.69, 9.17) is 5.26 Å². The Morgan fingerprint density at radius 2 is 2.00 bits per heavy atom. The lowest BCUT2D eigenvalue weighted by Crippen LogP contribution is -2.42. The minimum absolute atomic E-state index is 0.0382. The van der Waals surface area contributed by atoms with Crippen molar-refractivity contribution in [2.45, 2.75) is 18.9 Å². The lowest BCUT2D eigenvalue weighted by Gasteiger charge is -2.29. The van der Waals surface area contributed by atoms with E-state index in [1.165, 1.54) is 0 Å². The summed E-state index contributed by atoms with van der Waals surface area (Å²) in [5, 5.41) is 21.1. The van der Waals surface area contributed by atoms with Crippen LogP contribution in [0.4, 0.5) is 5.69 Å². The van der Waals surface area contributed by atoms with Crippen molar-refractivity contribution in [3.8, 4) is 6.07 Å². The van der Waals surface area contributed by atoms with Crippen LogP contribution in [0.25, 0.3) is 0 Å². The molecule has 0 atom stereocenters. The molecule has 1 amide bonds. The SMILES string of the molecule is N#Cc1ccc(NCC(=O)N2CCC(O)CC2)cc1. The molecule has 0 spiro atoms. The third kappa shape index (κ3) is 3.70. The van der Waals surface area contributed by atoms with Crippen molar-refractivity contribution in [3.63, 3.8) is 0 Å². The van der Waals surface area contributed by atoms with Crippen LogP contribution in [0.5, 0.6) is 0 Å². The monoisotopic (exact) mass is 259 g/mol. The summed E-state index contributed by atoms with van der Waals surface area (Å²) >= 11 is 0. The highest BCUT2D eigenvalue weighted by molar-refractivity contribution is 5.81. The van der Waals surface area contributed by atoms with Gasteiger partial charge in [0.15, 0.2) is 0 Å². The number of hydrogen-bond acceptors (Lipinski definition) is 4. The Morgan fingerprint density at radius 3 is 2.58 bits per heavy atom. The molecule has 1 saturated heterocycles. The van der Waals surface area contributed by atoms with Gasteiger partial charge in [-0.05, 0) is 37.1 Å². The molecular weight excluding hydrogens is 242 g/mol. The van der Waals surface area contributed by atoms with Gasteiger partial charge in [-0.2, -0.15) is 5.26 Å². The average Bonchev–Trinajstić information content (AvgIpc) is 2.46. The van der Waals surface area contributed by atoms with Gasteiger partial charge < -0.3 is 15.3 Å². The number of carbonyl (C=O) groups is 1. The maximum atomic E-state index is 11.9. The Bertz CT molecular complexity index is 470. The fourth-order valence-corrected chi connectivity index (χ4v) is 2.07. The number of piperidine rings is 1. The first-order valence-electron chi connectivity index (χ1n) is 6.39. The van der Waals surface area contributed by atoms with Crippen molar-refractivity contribution in [2.75, 3.05) is 25.0 Å². The van der Waals surface area contributed by atoms with E-state index in [1.54, 1.807) is 29.2 Å². The zero-order chi connectivity index (χ0) is 13.7. The van der Waals surface area contributed by atoms with Crippen molar-refractivity contribution in [1.29, 1.82) is 5.26 Å². The smallest absolute Gasteiger partial charge is 0.241 e. The summed E-state index contributed by atoms with van der Waals surface area (Å²) in [5.41, 5.74) is 1.42. The second-order valence-electron chi connectivity index (χ2n) is 4.65. The predicted molar refractivity (Wildman–Crippen MR) is 71.5 cm³/mol. The summed E-state index contributed by atoms with van der Waals surface area (Å²) in [6.45, 7) is 1.48. The first-order chi connectivity index (χ1) is 9.19. The van der Waals surface area contributed by atoms with E-state index >= 15 is 0 Å². The molecule has 1 aromatic rings. The molecule has 0 saturated carbocycles. The molecule has 0 aromatic heterocycles. The van der Waals surface area contributed by atoms with Gasteiger partial charge in [0, 0.05) is 18.8 Å². The molecule has 2 N–H and O–H groups in total. The Hall–Kier alpha value is -2.06. The number of aliphatic hydroxyl groups excluding tert-OH is 1. The molecule has 1 fully saturated rings. The maximum absolute atomic E-state index is 11.9. The molecule has 5 heteroatoms. The minimum atomic E-state index is -0.268. The minimum Gasteiger partial charge on any atom is -0.393 e. The van der Waals surface area contributed by atoms with Crippen LogP contribution < -0.4 is 5.32 Å². The summed E-state index contributed by atoms with van der Waals surface area (Å²) in [5.74, 6) is 0.0382. The number of nitriles is 1. The van der Waals surface area contributed by atoms with Crippen LogP contribution in [-0.2, 0) is 4.79 Å². The van der Waals surface area contributed by atoms with Crippen molar-refractivity contribution in [2.24, 2.45) is 0 Å². The molecule has 0 radical (unpaired) electrons. The van der Waals surface area contributed by atoms with Crippen molar-refractivity contribution in [3.05, 3.63) is 29.8 Å². The van der Waals surface area contributed by atoms with E-state index in [1.807, 2.05) is 6.07 Å². The number of aliphatic hydroxyl groups is 1. The fraction of sp³-hybridized carbons (Fsp3) is 0.429. The van der Waals surface area contributed by atoms with E-state index in [2.05, 4.69) is 5.32 Å². The quantitative estimate of drug-likeness (QED) is 0.847. The van der Waals surface area contributed by atoms with Crippen LogP contribution in [-0.4, -0.2) is 41.7 Å². The summed E-state index contributed by atoms with van der Waals surface area (Å²) in [7, 11) is 0. The molecule has 100 valence electrons. The number of nitrogens with one attached hydrogen (secondary N) is 1. The number of anilines is 1. The summed E-state index contributed by atoms with van der Waals surface area (Å²) in [6, 6.07) is 9.04. The number of hydrogen-bond donors (Lipinski definition) is 2. The maximum Gasteiger partial charge on any atom is 0.241 e. The number of rotatable bonds is 3. The number of nitrogens with zero attached hydrogens (tertiary/aromatic N) is 2. The van der Waals surface area contributed by atoms with Gasteiger partial charge in [0.25, 0.3) is 0 Å². The summed E-state index contributed by atoms with van der Waals surface area (Å²) < 4.78 is 0. The topological polar surface area (TPSA) is 76.4 Å². The molecule has 0 bridgehead atoms. The summed E-state index contributed by atoms with van der Waals surface area (Å²) in [6.07, 6.45) is 1.04.